The largest absolute Gasteiger partial charge is 0.348 e. The van der Waals surface area contributed by atoms with Crippen LogP contribution >= 0.6 is 0 Å². The molecule has 1 N–H and O–H groups in total. The molecule has 13 rings (SSSR count). The van der Waals surface area contributed by atoms with E-state index in [0.717, 1.165) is 0 Å². The number of H-pyrrole nitrogens is 1. The van der Waals surface area contributed by atoms with Crippen molar-refractivity contribution in [1.29, 1.82) is 0 Å². The van der Waals surface area contributed by atoms with E-state index in [9.17, 15) is 105 Å². The topological polar surface area (TPSA) is 28.7 Å². The number of aromatic nitrogens is 2. The fraction of sp³-hybridized carbons (Fsp3) is 0.351. The third-order valence-electron chi connectivity index (χ3n) is 24.8. The van der Waals surface area contributed by atoms with Gasteiger partial charge in [-0.05, 0) is 25.7 Å². The van der Waals surface area contributed by atoms with Crippen LogP contribution < -0.4 is 32.8 Å². The van der Waals surface area contributed by atoms with Gasteiger partial charge in [-0.25, -0.2) is 189 Å². The normalized spacial score (nSPS) is 11.8. The number of benzene rings is 12. The molecular weight excluding hydrogens is 2010 g/mol. The lowest BCUT2D eigenvalue weighted by Gasteiger charge is -2.23. The van der Waals surface area contributed by atoms with Crippen LogP contribution in [0.2, 0.25) is 0 Å². The lowest BCUT2D eigenvalue weighted by atomic mass is 9.35. The van der Waals surface area contributed by atoms with Gasteiger partial charge >= 0.3 is 0 Å². The highest BCUT2D eigenvalue weighted by atomic mass is 19.2. The van der Waals surface area contributed by atoms with Gasteiger partial charge in [-0.3, -0.25) is 0 Å². The van der Waals surface area contributed by atoms with Crippen molar-refractivity contribution in [3.8, 4) is 0 Å². The molecule has 0 bridgehead atoms. The van der Waals surface area contributed by atoms with Crippen LogP contribution in [-0.4, -0.2) is 23.4 Å². The number of unbranched alkanes of at least 4 members (excludes halogenated alkanes) is 28. The molecule has 0 fully saturated rings. The molecule has 0 unspecified atom stereocenters. The summed E-state index contributed by atoms with van der Waals surface area (Å²) in [5, 5.41) is -31.1. The fourth-order valence-corrected chi connectivity index (χ4v) is 17.5. The predicted octanol–water partition coefficient (Wildman–Crippen LogP) is 30.4. The van der Waals surface area contributed by atoms with Crippen molar-refractivity contribution in [3.05, 3.63) is 262 Å². The molecule has 0 amide bonds. The first kappa shape index (κ1) is 112. The molecule has 13 aromatic rings. The lowest BCUT2D eigenvalue weighted by Crippen LogP contribution is -2.60. The Balaban J connectivity index is 0.000000208. The second-order valence-electron chi connectivity index (χ2n) is 33.8. The molecule has 1 aromatic heterocycles. The summed E-state index contributed by atoms with van der Waals surface area (Å²) >= 11 is 0. The molecule has 2 nitrogen and oxygen atoms in total. The highest BCUT2D eigenvalue weighted by molar-refractivity contribution is 6.97. The lowest BCUT2D eigenvalue weighted by molar-refractivity contribution is 0.412. The summed E-state index contributed by atoms with van der Waals surface area (Å²) in [5.41, 5.74) is -15.0. The number of aromatic amines is 1. The van der Waals surface area contributed by atoms with E-state index in [1.54, 1.807) is 0 Å². The Kier molecular flexibility index (Phi) is 36.9. The maximum absolute atomic E-state index is 16.1. The zero-order valence-corrected chi connectivity index (χ0v) is 74.2. The van der Waals surface area contributed by atoms with E-state index in [2.05, 4.69) is 23.8 Å². The average molecular weight is 2090 g/mol. The smallest absolute Gasteiger partial charge is 0.264 e. The molecule has 0 aliphatic heterocycles. The van der Waals surface area contributed by atoms with Crippen molar-refractivity contribution in [2.75, 3.05) is 0 Å². The molecule has 0 saturated carbocycles. The number of hydrogen-bond acceptors (Lipinski definition) is 1. The Hall–Kier alpha value is -11.4. The SMILES string of the molecule is CCCCCCCCCCCCCCCCCc1nc[nH]c1CCCCCCCCCCCCCCCCC.Fc1c(F)c(F)c2c(F)c(B(c3c(F)c(F)c4c(F)c(F)c(F)c(F)c4c3F)c3c(F)c(F)c4c(F)c(F)c(F)c(F)c4c3F)c(F)c(F)c2c1F.Fc1c(F)c(F)c2c(F)c(B(c3c(F)c(F)c4c(F)c(F)c(F)c(F)c4c3F)c3c(F)c(F)c4c(F)c(F)c(F)c(F)c4c3F)c(F)c(F)c2c1F. The van der Waals surface area contributed by atoms with Crippen LogP contribution in [0, 0.1) is 244 Å². The van der Waals surface area contributed by atoms with Crippen molar-refractivity contribution in [2.24, 2.45) is 0 Å². The van der Waals surface area contributed by atoms with E-state index in [4.69, 9.17) is 0 Å². The monoisotopic (exact) mass is 2080 g/mol. The van der Waals surface area contributed by atoms with Gasteiger partial charge in [0.05, 0.1) is 76.7 Å². The number of imidazole rings is 1. The van der Waals surface area contributed by atoms with Crippen LogP contribution in [-0.2, 0) is 12.8 Å². The zero-order valence-electron chi connectivity index (χ0n) is 74.2. The van der Waals surface area contributed by atoms with Crippen LogP contribution in [0.4, 0.5) is 184 Å². The van der Waals surface area contributed by atoms with E-state index in [1.165, 1.54) is 217 Å². The van der Waals surface area contributed by atoms with Gasteiger partial charge in [0.2, 0.25) is 0 Å². The van der Waals surface area contributed by atoms with Gasteiger partial charge in [0, 0.05) is 38.5 Å². The third kappa shape index (κ3) is 21.0. The average Bonchev–Trinajstić information content (AvgIpc) is 0.724. The quantitative estimate of drug-likeness (QED) is 0.0135. The van der Waals surface area contributed by atoms with Gasteiger partial charge in [-0.15, -0.1) is 0 Å². The van der Waals surface area contributed by atoms with Gasteiger partial charge in [0.1, 0.15) is 34.9 Å². The van der Waals surface area contributed by atoms with Gasteiger partial charge in [-0.2, -0.15) is 0 Å². The van der Waals surface area contributed by atoms with Crippen molar-refractivity contribution < 1.29 is 184 Å². The van der Waals surface area contributed by atoms with E-state index in [0.29, 0.717) is 0 Å². The molecule has 1 heterocycles. The summed E-state index contributed by atoms with van der Waals surface area (Å²) in [7, 11) is 0. The Morgan fingerprint density at radius 1 is 0.154 bits per heavy atom. The minimum absolute atomic E-state index is 1.18. The predicted molar refractivity (Wildman–Crippen MR) is 447 cm³/mol. The number of nitrogens with one attached hydrogen (secondary N) is 1. The molecular formula is C97H72B2F42N2. The number of hydrogen-bond donors (Lipinski definition) is 1. The van der Waals surface area contributed by atoms with Crippen molar-refractivity contribution in [1.82, 2.24) is 9.97 Å². The number of halogens is 42. The highest BCUT2D eigenvalue weighted by Gasteiger charge is 2.50. The Bertz CT molecular complexity index is 6100. The Morgan fingerprint density at radius 2 is 0.280 bits per heavy atom. The van der Waals surface area contributed by atoms with Gasteiger partial charge < -0.3 is 4.98 Å². The standard InChI is InChI=1S/C37H72N2.2C30BF21/c1-3-5-7-9-11-13-15-17-19-21-23-25-27-29-31-33-36-37(39-35-38-36)34-32-30-28-26-24-22-20-18-16-14-12-10-8-6-4-2;2*32-10-1-4(19(41)28(50)25(47)16(1)38)13(35)22(44)7(10)31(8-11(33)2-5(14(36)23(8)45)20(42)29(51)26(48)17(2)39)9-12(34)3-6(15(37)24(9)46)21(43)30(52)27(49)18(3)40/h35H,3-34H2,1-2H3,(H,38,39);;. The molecule has 770 valence electrons. The second-order valence-corrected chi connectivity index (χ2v) is 33.8. The summed E-state index contributed by atoms with van der Waals surface area (Å²) in [6.07, 6.45) is 47.3. The molecule has 12 aromatic carbocycles. The number of fused-ring (bicyclic) bond motifs is 6. The minimum Gasteiger partial charge on any atom is -0.348 e. The fourth-order valence-electron chi connectivity index (χ4n) is 17.5. The van der Waals surface area contributed by atoms with E-state index < -0.39 is 355 Å². The first-order valence-corrected chi connectivity index (χ1v) is 44.6. The Morgan fingerprint density at radius 3 is 0.434 bits per heavy atom. The van der Waals surface area contributed by atoms with Crippen LogP contribution in [0.25, 0.3) is 64.6 Å². The van der Waals surface area contributed by atoms with Crippen molar-refractivity contribution >= 4 is 111 Å². The Labute approximate surface area is 783 Å². The third-order valence-corrected chi connectivity index (χ3v) is 24.8. The second kappa shape index (κ2) is 47.2. The molecule has 0 spiro atoms. The van der Waals surface area contributed by atoms with Crippen LogP contribution in [0.1, 0.15) is 218 Å². The van der Waals surface area contributed by atoms with Crippen molar-refractivity contribution in [2.45, 2.75) is 219 Å². The van der Waals surface area contributed by atoms with Crippen LogP contribution in [0.3, 0.4) is 0 Å². The van der Waals surface area contributed by atoms with E-state index in [-0.39, 0.29) is 0 Å². The molecule has 0 saturated heterocycles. The van der Waals surface area contributed by atoms with Crippen molar-refractivity contribution in [3.63, 3.8) is 0 Å². The maximum atomic E-state index is 16.1. The molecule has 0 aliphatic carbocycles. The summed E-state index contributed by atoms with van der Waals surface area (Å²) in [4.78, 5) is 8.10. The summed E-state index contributed by atoms with van der Waals surface area (Å²) < 4.78 is 627. The maximum Gasteiger partial charge on any atom is 0.264 e. The molecule has 0 atom stereocenters. The van der Waals surface area contributed by atoms with Gasteiger partial charge in [0.25, 0.3) is 13.4 Å². The number of aryl methyl sites for hydroxylation is 2. The van der Waals surface area contributed by atoms with E-state index in [1.807, 2.05) is 6.33 Å². The van der Waals surface area contributed by atoms with E-state index >= 15 is 79.0 Å². The first-order chi connectivity index (χ1) is 67.6. The minimum atomic E-state index is -4.40. The molecule has 143 heavy (non-hydrogen) atoms. The summed E-state index contributed by atoms with van der Waals surface area (Å²) in [6.45, 7) is -4.20. The molecule has 0 aliphatic rings. The summed E-state index contributed by atoms with van der Waals surface area (Å²) in [6, 6.07) is 0. The van der Waals surface area contributed by atoms with Gasteiger partial charge in [-0.1, -0.05) is 194 Å². The highest BCUT2D eigenvalue weighted by Crippen LogP contribution is 2.42. The van der Waals surface area contributed by atoms with Gasteiger partial charge in [0.15, 0.2) is 209 Å². The molecule has 46 heteroatoms. The summed E-state index contributed by atoms with van der Waals surface area (Å²) in [5.74, 6) is -130. The first-order valence-electron chi connectivity index (χ1n) is 44.6. The van der Waals surface area contributed by atoms with Crippen LogP contribution in [0.15, 0.2) is 6.33 Å². The van der Waals surface area contributed by atoms with Crippen LogP contribution in [0.5, 0.6) is 0 Å². The zero-order chi connectivity index (χ0) is 106. The molecule has 0 radical (unpaired) electrons. The number of rotatable bonds is 38. The number of nitrogens with zero attached hydrogens (tertiary/aromatic N) is 1.